The van der Waals surface area contributed by atoms with Crippen molar-refractivity contribution in [2.45, 2.75) is 13.5 Å². The van der Waals surface area contributed by atoms with Crippen LogP contribution in [-0.4, -0.2) is 28.0 Å². The molecule has 2 heterocycles. The number of aromatic amines is 1. The lowest BCUT2D eigenvalue weighted by Gasteiger charge is -2.19. The highest BCUT2D eigenvalue weighted by Gasteiger charge is 2.36. The maximum atomic E-state index is 14.4. The van der Waals surface area contributed by atoms with Gasteiger partial charge in [0.05, 0.1) is 17.5 Å². The molecular formula is C24H20ClN4O3P. The molecule has 0 aliphatic heterocycles. The summed E-state index contributed by atoms with van der Waals surface area (Å²) in [5.74, 6) is 2.11. The summed E-state index contributed by atoms with van der Waals surface area (Å²) in [7, 11) is -2.40. The number of rotatable bonds is 6. The largest absolute Gasteiger partial charge is 0.350 e. The lowest BCUT2D eigenvalue weighted by molar-refractivity contribution is 0.0947. The van der Waals surface area contributed by atoms with Crippen LogP contribution in [0, 0.1) is 19.3 Å². The maximum absolute atomic E-state index is 14.4. The third-order valence-electron chi connectivity index (χ3n) is 5.15. The molecular weight excluding hydrogens is 459 g/mol. The van der Waals surface area contributed by atoms with Crippen LogP contribution in [0.15, 0.2) is 55.0 Å². The summed E-state index contributed by atoms with van der Waals surface area (Å²) in [5.41, 5.74) is 2.74. The fraction of sp³-hybridized carbons (Fsp3) is 0.125. The number of fused-ring (bicyclic) bond motifs is 1. The molecule has 0 saturated carbocycles. The summed E-state index contributed by atoms with van der Waals surface area (Å²) >= 11 is 6.25. The smallest absolute Gasteiger partial charge is 0.268 e. The number of H-pyrrole nitrogens is 1. The van der Waals surface area contributed by atoms with Crippen LogP contribution in [-0.2, 0) is 15.6 Å². The molecule has 1 unspecified atom stereocenters. The van der Waals surface area contributed by atoms with E-state index in [1.807, 2.05) is 13.0 Å². The van der Waals surface area contributed by atoms with Gasteiger partial charge in [-0.25, -0.2) is 9.97 Å². The summed E-state index contributed by atoms with van der Waals surface area (Å²) in [4.78, 5) is 24.3. The first-order chi connectivity index (χ1) is 15.9. The van der Waals surface area contributed by atoms with E-state index in [0.717, 1.165) is 5.56 Å². The molecule has 33 heavy (non-hydrogen) atoms. The number of carbonyl (C=O) groups is 1. The standard InChI is InChI=1S/C24H20ClN4O3P/c1-4-16-9-15(2)10-19(11-16)33(31,32-3)23-20-12-17(25)5-6-21(20)29-22(23)24(30)27-13-18-7-8-26-14-28-18/h1,5-12,14,29H,13H2,2-3H3,(H,27,30). The van der Waals surface area contributed by atoms with Gasteiger partial charge in [-0.3, -0.25) is 9.36 Å². The molecule has 0 saturated heterocycles. The number of nitrogens with zero attached hydrogens (tertiary/aromatic N) is 2. The van der Waals surface area contributed by atoms with E-state index in [4.69, 9.17) is 22.5 Å². The van der Waals surface area contributed by atoms with E-state index in [2.05, 4.69) is 26.2 Å². The minimum Gasteiger partial charge on any atom is -0.350 e. The summed E-state index contributed by atoms with van der Waals surface area (Å²) in [6.07, 6.45) is 8.58. The molecule has 1 atom stereocenters. The summed E-state index contributed by atoms with van der Waals surface area (Å²) < 4.78 is 20.1. The van der Waals surface area contributed by atoms with E-state index in [-0.39, 0.29) is 17.5 Å². The van der Waals surface area contributed by atoms with Crippen LogP contribution in [0.4, 0.5) is 0 Å². The Balaban J connectivity index is 1.88. The SMILES string of the molecule is C#Cc1cc(C)cc(P(=O)(OC)c2c(C(=O)NCc3ccncn3)[nH]c3ccc(Cl)cc23)c1. The minimum atomic E-state index is -3.75. The van der Waals surface area contributed by atoms with E-state index in [1.54, 1.807) is 42.6 Å². The van der Waals surface area contributed by atoms with Gasteiger partial charge in [0.1, 0.15) is 12.0 Å². The van der Waals surface area contributed by atoms with Gasteiger partial charge in [0, 0.05) is 40.1 Å². The Kier molecular flexibility index (Phi) is 6.35. The van der Waals surface area contributed by atoms with E-state index >= 15 is 0 Å². The monoisotopic (exact) mass is 478 g/mol. The normalized spacial score (nSPS) is 12.8. The van der Waals surface area contributed by atoms with Gasteiger partial charge in [-0.15, -0.1) is 6.42 Å². The van der Waals surface area contributed by atoms with Crippen LogP contribution in [0.1, 0.15) is 27.3 Å². The molecule has 4 aromatic rings. The van der Waals surface area contributed by atoms with E-state index < -0.39 is 13.3 Å². The quantitative estimate of drug-likeness (QED) is 0.325. The van der Waals surface area contributed by atoms with Crippen molar-refractivity contribution in [2.24, 2.45) is 0 Å². The first-order valence-corrected chi connectivity index (χ1v) is 12.0. The number of halogens is 1. The first-order valence-electron chi connectivity index (χ1n) is 9.95. The number of aromatic nitrogens is 3. The minimum absolute atomic E-state index is 0.121. The van der Waals surface area contributed by atoms with Crippen LogP contribution >= 0.6 is 19.0 Å². The van der Waals surface area contributed by atoms with Crippen molar-refractivity contribution in [3.05, 3.63) is 82.5 Å². The molecule has 4 rings (SSSR count). The Hall–Kier alpha value is -3.43. The highest BCUT2D eigenvalue weighted by atomic mass is 35.5. The highest BCUT2D eigenvalue weighted by Crippen LogP contribution is 2.47. The number of hydrogen-bond acceptors (Lipinski definition) is 5. The molecule has 2 aromatic carbocycles. The van der Waals surface area contributed by atoms with E-state index in [9.17, 15) is 9.36 Å². The van der Waals surface area contributed by atoms with Crippen LogP contribution < -0.4 is 15.9 Å². The molecule has 0 bridgehead atoms. The summed E-state index contributed by atoms with van der Waals surface area (Å²) in [6, 6.07) is 12.0. The number of amides is 1. The molecule has 1 amide bonds. The number of hydrogen-bond donors (Lipinski definition) is 2. The predicted molar refractivity (Wildman–Crippen MR) is 130 cm³/mol. The van der Waals surface area contributed by atoms with Gasteiger partial charge >= 0.3 is 0 Å². The molecule has 9 heteroatoms. The van der Waals surface area contributed by atoms with Gasteiger partial charge in [0.25, 0.3) is 13.3 Å². The summed E-state index contributed by atoms with van der Waals surface area (Å²) in [6.45, 7) is 2.02. The van der Waals surface area contributed by atoms with Gasteiger partial charge < -0.3 is 14.8 Å². The molecule has 0 aliphatic rings. The molecule has 0 spiro atoms. The number of carbonyl (C=O) groups excluding carboxylic acids is 1. The Morgan fingerprint density at radius 3 is 2.79 bits per heavy atom. The van der Waals surface area contributed by atoms with Gasteiger partial charge in [-0.1, -0.05) is 17.5 Å². The zero-order chi connectivity index (χ0) is 23.6. The van der Waals surface area contributed by atoms with Gasteiger partial charge in [-0.2, -0.15) is 0 Å². The average Bonchev–Trinajstić information content (AvgIpc) is 3.21. The zero-order valence-electron chi connectivity index (χ0n) is 17.9. The molecule has 7 nitrogen and oxygen atoms in total. The van der Waals surface area contributed by atoms with Gasteiger partial charge in [0.2, 0.25) is 0 Å². The van der Waals surface area contributed by atoms with Gasteiger partial charge in [-0.05, 0) is 55.0 Å². The molecule has 0 aliphatic carbocycles. The topological polar surface area (TPSA) is 97.0 Å². The van der Waals surface area contributed by atoms with Crippen molar-refractivity contribution in [1.29, 1.82) is 0 Å². The van der Waals surface area contributed by atoms with E-state index in [0.29, 0.717) is 32.5 Å². The highest BCUT2D eigenvalue weighted by molar-refractivity contribution is 7.75. The Bertz CT molecular complexity index is 1440. The van der Waals surface area contributed by atoms with Crippen LogP contribution in [0.25, 0.3) is 10.9 Å². The van der Waals surface area contributed by atoms with E-state index in [1.165, 1.54) is 13.4 Å². The third-order valence-corrected chi connectivity index (χ3v) is 7.89. The van der Waals surface area contributed by atoms with Crippen LogP contribution in [0.3, 0.4) is 0 Å². The fourth-order valence-electron chi connectivity index (χ4n) is 3.64. The lowest BCUT2D eigenvalue weighted by Crippen LogP contribution is -2.30. The van der Waals surface area contributed by atoms with Crippen molar-refractivity contribution in [1.82, 2.24) is 20.3 Å². The van der Waals surface area contributed by atoms with Crippen LogP contribution in [0.2, 0.25) is 5.02 Å². The second kappa shape index (κ2) is 9.21. The van der Waals surface area contributed by atoms with Gasteiger partial charge in [0.15, 0.2) is 0 Å². The molecule has 2 aromatic heterocycles. The lowest BCUT2D eigenvalue weighted by atomic mass is 10.1. The number of benzene rings is 2. The molecule has 0 fully saturated rings. The second-order valence-corrected chi connectivity index (χ2v) is 10.2. The van der Waals surface area contributed by atoms with Crippen molar-refractivity contribution in [2.75, 3.05) is 7.11 Å². The second-order valence-electron chi connectivity index (χ2n) is 7.36. The zero-order valence-corrected chi connectivity index (χ0v) is 19.6. The number of nitrogens with one attached hydrogen (secondary N) is 2. The summed E-state index contributed by atoms with van der Waals surface area (Å²) in [5, 5.41) is 4.40. The average molecular weight is 479 g/mol. The van der Waals surface area contributed by atoms with Crippen molar-refractivity contribution >= 4 is 46.4 Å². The Morgan fingerprint density at radius 1 is 1.27 bits per heavy atom. The van der Waals surface area contributed by atoms with Crippen molar-refractivity contribution in [3.8, 4) is 12.3 Å². The number of aryl methyl sites for hydroxylation is 1. The predicted octanol–water partition coefficient (Wildman–Crippen LogP) is 3.71. The third kappa shape index (κ3) is 4.42. The first kappa shape index (κ1) is 22.8. The maximum Gasteiger partial charge on any atom is 0.268 e. The Labute approximate surface area is 196 Å². The molecule has 0 radical (unpaired) electrons. The van der Waals surface area contributed by atoms with Crippen LogP contribution in [0.5, 0.6) is 0 Å². The molecule has 2 N–H and O–H groups in total. The number of terminal acetylenes is 1. The Morgan fingerprint density at radius 2 is 2.09 bits per heavy atom. The van der Waals surface area contributed by atoms with Crippen molar-refractivity contribution < 1.29 is 13.9 Å². The van der Waals surface area contributed by atoms with Crippen molar-refractivity contribution in [3.63, 3.8) is 0 Å². The molecule has 166 valence electrons. The fourth-order valence-corrected chi connectivity index (χ4v) is 6.10.